The third-order valence-electron chi connectivity index (χ3n) is 3.95. The van der Waals surface area contributed by atoms with Crippen molar-refractivity contribution in [2.24, 2.45) is 0 Å². The third kappa shape index (κ3) is 2.42. The number of carbonyl (C=O) groups excluding carboxylic acids is 1. The molecule has 1 aliphatic heterocycles. The highest BCUT2D eigenvalue weighted by Crippen LogP contribution is 2.20. The summed E-state index contributed by atoms with van der Waals surface area (Å²) in [6.07, 6.45) is 2.05. The average molecular weight is 272 g/mol. The Hall–Kier alpha value is -1.85. The number of benzene rings is 1. The zero-order valence-electron chi connectivity index (χ0n) is 11.6. The van der Waals surface area contributed by atoms with E-state index in [4.69, 9.17) is 0 Å². The lowest BCUT2D eigenvalue weighted by Gasteiger charge is -2.34. The maximum atomic E-state index is 12.0. The van der Waals surface area contributed by atoms with Gasteiger partial charge in [-0.3, -0.25) is 9.69 Å². The molecule has 0 bridgehead atoms. The summed E-state index contributed by atoms with van der Waals surface area (Å²) < 4.78 is 0. The number of hydrogen-bond donors (Lipinski definition) is 3. The summed E-state index contributed by atoms with van der Waals surface area (Å²) >= 11 is 0. The molecule has 2 aromatic rings. The molecule has 0 aliphatic carbocycles. The van der Waals surface area contributed by atoms with Gasteiger partial charge in [0.1, 0.15) is 6.04 Å². The van der Waals surface area contributed by atoms with Crippen LogP contribution in [0.2, 0.25) is 0 Å². The maximum absolute atomic E-state index is 12.0. The molecule has 5 heteroatoms. The molecular formula is C15H20N4O. The van der Waals surface area contributed by atoms with Gasteiger partial charge in [0.05, 0.1) is 0 Å². The summed E-state index contributed by atoms with van der Waals surface area (Å²) in [6.45, 7) is 3.32. The first-order chi connectivity index (χ1) is 9.79. The molecule has 0 radical (unpaired) electrons. The number of para-hydroxylation sites is 1. The van der Waals surface area contributed by atoms with Crippen molar-refractivity contribution in [3.05, 3.63) is 36.0 Å². The summed E-state index contributed by atoms with van der Waals surface area (Å²) in [4.78, 5) is 17.5. The zero-order valence-corrected chi connectivity index (χ0v) is 11.6. The number of nitrogens with zero attached hydrogens (tertiary/aromatic N) is 1. The lowest BCUT2D eigenvalue weighted by Crippen LogP contribution is -2.56. The van der Waals surface area contributed by atoms with Crippen LogP contribution in [-0.4, -0.2) is 48.5 Å². The van der Waals surface area contributed by atoms with Gasteiger partial charge in [-0.2, -0.15) is 0 Å². The van der Waals surface area contributed by atoms with Gasteiger partial charge < -0.3 is 15.6 Å². The van der Waals surface area contributed by atoms with E-state index in [9.17, 15) is 4.79 Å². The monoisotopic (exact) mass is 272 g/mol. The van der Waals surface area contributed by atoms with Crippen molar-refractivity contribution in [1.82, 2.24) is 20.5 Å². The van der Waals surface area contributed by atoms with Crippen LogP contribution in [-0.2, 0) is 11.3 Å². The van der Waals surface area contributed by atoms with Gasteiger partial charge in [-0.05, 0) is 11.6 Å². The summed E-state index contributed by atoms with van der Waals surface area (Å²) in [6, 6.07) is 8.18. The number of hydrogen-bond acceptors (Lipinski definition) is 3. The summed E-state index contributed by atoms with van der Waals surface area (Å²) in [5.41, 5.74) is 2.39. The van der Waals surface area contributed by atoms with Crippen molar-refractivity contribution in [2.75, 3.05) is 26.7 Å². The number of fused-ring (bicyclic) bond motifs is 1. The van der Waals surface area contributed by atoms with Crippen molar-refractivity contribution in [2.45, 2.75) is 12.6 Å². The first-order valence-corrected chi connectivity index (χ1v) is 7.01. The van der Waals surface area contributed by atoms with E-state index in [-0.39, 0.29) is 11.9 Å². The number of piperazine rings is 1. The minimum Gasteiger partial charge on any atom is -0.361 e. The highest BCUT2D eigenvalue weighted by molar-refractivity contribution is 5.84. The first-order valence-electron chi connectivity index (χ1n) is 7.01. The molecule has 1 atom stereocenters. The van der Waals surface area contributed by atoms with Crippen molar-refractivity contribution < 1.29 is 4.79 Å². The van der Waals surface area contributed by atoms with E-state index in [0.717, 1.165) is 25.2 Å². The largest absolute Gasteiger partial charge is 0.361 e. The van der Waals surface area contributed by atoms with E-state index in [2.05, 4.69) is 32.7 Å². The fourth-order valence-corrected chi connectivity index (χ4v) is 2.84. The molecule has 1 fully saturated rings. The molecule has 1 unspecified atom stereocenters. The molecule has 5 nitrogen and oxygen atoms in total. The number of nitrogens with one attached hydrogen (secondary N) is 3. The van der Waals surface area contributed by atoms with Crippen LogP contribution in [0.4, 0.5) is 0 Å². The van der Waals surface area contributed by atoms with Gasteiger partial charge in [-0.25, -0.2) is 0 Å². The Labute approximate surface area is 118 Å². The van der Waals surface area contributed by atoms with Gasteiger partial charge in [0, 0.05) is 50.3 Å². The van der Waals surface area contributed by atoms with Crippen LogP contribution in [0, 0.1) is 0 Å². The fourth-order valence-electron chi connectivity index (χ4n) is 2.84. The van der Waals surface area contributed by atoms with Crippen molar-refractivity contribution in [3.63, 3.8) is 0 Å². The normalized spacial score (nSPS) is 20.1. The second kappa shape index (κ2) is 5.64. The smallest absolute Gasteiger partial charge is 0.238 e. The van der Waals surface area contributed by atoms with Crippen LogP contribution in [0.3, 0.4) is 0 Å². The predicted molar refractivity (Wildman–Crippen MR) is 79.4 cm³/mol. The van der Waals surface area contributed by atoms with E-state index in [1.807, 2.05) is 18.3 Å². The van der Waals surface area contributed by atoms with Crippen LogP contribution in [0.15, 0.2) is 30.5 Å². The lowest BCUT2D eigenvalue weighted by atomic mass is 10.1. The highest BCUT2D eigenvalue weighted by Gasteiger charge is 2.28. The number of aromatic amines is 1. The van der Waals surface area contributed by atoms with Gasteiger partial charge in [0.25, 0.3) is 0 Å². The summed E-state index contributed by atoms with van der Waals surface area (Å²) in [5, 5.41) is 7.28. The van der Waals surface area contributed by atoms with Crippen LogP contribution in [0.1, 0.15) is 5.56 Å². The molecular weight excluding hydrogens is 252 g/mol. The standard InChI is InChI=1S/C15H20N4O/c1-16-15(20)14-9-17-6-7-19(14)10-11-8-18-13-5-3-2-4-12(11)13/h2-5,8,14,17-18H,6-7,9-10H2,1H3,(H,16,20). The van der Waals surface area contributed by atoms with Crippen LogP contribution < -0.4 is 10.6 Å². The molecule has 1 amide bonds. The van der Waals surface area contributed by atoms with Crippen molar-refractivity contribution in [1.29, 1.82) is 0 Å². The minimum absolute atomic E-state index is 0.0806. The van der Waals surface area contributed by atoms with Gasteiger partial charge in [0.2, 0.25) is 5.91 Å². The number of carbonyl (C=O) groups is 1. The predicted octanol–water partition coefficient (Wildman–Crippen LogP) is 0.688. The number of H-pyrrole nitrogens is 1. The van der Waals surface area contributed by atoms with E-state index >= 15 is 0 Å². The number of aromatic nitrogens is 1. The van der Waals surface area contributed by atoms with E-state index < -0.39 is 0 Å². The Morgan fingerprint density at radius 1 is 1.45 bits per heavy atom. The van der Waals surface area contributed by atoms with Gasteiger partial charge in [0.15, 0.2) is 0 Å². The first kappa shape index (κ1) is 13.1. The average Bonchev–Trinajstić information content (AvgIpc) is 2.90. The molecule has 3 rings (SSSR count). The number of rotatable bonds is 3. The molecule has 20 heavy (non-hydrogen) atoms. The van der Waals surface area contributed by atoms with E-state index in [1.54, 1.807) is 7.05 Å². The second-order valence-corrected chi connectivity index (χ2v) is 5.16. The quantitative estimate of drug-likeness (QED) is 0.770. The topological polar surface area (TPSA) is 60.2 Å². The Kier molecular flexibility index (Phi) is 3.71. The fraction of sp³-hybridized carbons (Fsp3) is 0.400. The van der Waals surface area contributed by atoms with E-state index in [1.165, 1.54) is 10.9 Å². The van der Waals surface area contributed by atoms with Crippen LogP contribution >= 0.6 is 0 Å². The minimum atomic E-state index is -0.0950. The molecule has 0 spiro atoms. The van der Waals surface area contributed by atoms with Crippen molar-refractivity contribution in [3.8, 4) is 0 Å². The zero-order chi connectivity index (χ0) is 13.9. The molecule has 1 saturated heterocycles. The van der Waals surface area contributed by atoms with Crippen LogP contribution in [0.25, 0.3) is 10.9 Å². The molecule has 1 aliphatic rings. The number of amides is 1. The Morgan fingerprint density at radius 3 is 3.15 bits per heavy atom. The summed E-state index contributed by atoms with van der Waals surface area (Å²) in [7, 11) is 1.70. The molecule has 106 valence electrons. The maximum Gasteiger partial charge on any atom is 0.238 e. The molecule has 3 N–H and O–H groups in total. The van der Waals surface area contributed by atoms with Crippen molar-refractivity contribution >= 4 is 16.8 Å². The lowest BCUT2D eigenvalue weighted by molar-refractivity contribution is -0.126. The van der Waals surface area contributed by atoms with Gasteiger partial charge in [-0.1, -0.05) is 18.2 Å². The molecule has 2 heterocycles. The third-order valence-corrected chi connectivity index (χ3v) is 3.95. The van der Waals surface area contributed by atoms with Gasteiger partial charge >= 0.3 is 0 Å². The SMILES string of the molecule is CNC(=O)C1CNCCN1Cc1c[nH]c2ccccc12. The Bertz CT molecular complexity index is 607. The Balaban J connectivity index is 1.83. The molecule has 1 aromatic carbocycles. The Morgan fingerprint density at radius 2 is 2.30 bits per heavy atom. The summed E-state index contributed by atoms with van der Waals surface area (Å²) in [5.74, 6) is 0.0806. The number of likely N-dealkylation sites (N-methyl/N-ethyl adjacent to an activating group) is 1. The second-order valence-electron chi connectivity index (χ2n) is 5.16. The molecule has 1 aromatic heterocycles. The van der Waals surface area contributed by atoms with Gasteiger partial charge in [-0.15, -0.1) is 0 Å². The highest BCUT2D eigenvalue weighted by atomic mass is 16.2. The van der Waals surface area contributed by atoms with E-state index in [0.29, 0.717) is 6.54 Å². The molecule has 0 saturated carbocycles. The van der Waals surface area contributed by atoms with Crippen LogP contribution in [0.5, 0.6) is 0 Å².